The van der Waals surface area contributed by atoms with E-state index in [2.05, 4.69) is 42.5 Å². The van der Waals surface area contributed by atoms with Gasteiger partial charge in [0, 0.05) is 5.92 Å². The van der Waals surface area contributed by atoms with Crippen molar-refractivity contribution in [3.8, 4) is 0 Å². The summed E-state index contributed by atoms with van der Waals surface area (Å²) < 4.78 is 0. The highest BCUT2D eigenvalue weighted by atomic mass is 14.3. The van der Waals surface area contributed by atoms with Gasteiger partial charge in [-0.2, -0.15) is 0 Å². The Balaban J connectivity index is 1.84. The summed E-state index contributed by atoms with van der Waals surface area (Å²) in [6, 6.07) is 16.1. The molecular weight excluding hydrogens is 228 g/mol. The van der Waals surface area contributed by atoms with Crippen LogP contribution in [0.4, 0.5) is 0 Å². The lowest BCUT2D eigenvalue weighted by molar-refractivity contribution is 0.612. The molecule has 0 heteroatoms. The lowest BCUT2D eigenvalue weighted by Gasteiger charge is -2.27. The Morgan fingerprint density at radius 2 is 1.47 bits per heavy atom. The van der Waals surface area contributed by atoms with Crippen molar-refractivity contribution in [1.82, 2.24) is 0 Å². The van der Waals surface area contributed by atoms with Crippen LogP contribution in [-0.2, 0) is 19.3 Å². The van der Waals surface area contributed by atoms with Gasteiger partial charge in [0.2, 0.25) is 0 Å². The Morgan fingerprint density at radius 3 is 2.47 bits per heavy atom. The van der Waals surface area contributed by atoms with Crippen LogP contribution in [-0.4, -0.2) is 0 Å². The van der Waals surface area contributed by atoms with E-state index < -0.39 is 0 Å². The summed E-state index contributed by atoms with van der Waals surface area (Å²) in [5.74, 6) is 0.651. The van der Waals surface area contributed by atoms with Crippen LogP contribution in [0.2, 0.25) is 0 Å². The van der Waals surface area contributed by atoms with Gasteiger partial charge in [-0.1, -0.05) is 42.5 Å². The van der Waals surface area contributed by atoms with Crippen LogP contribution in [0, 0.1) is 0 Å². The molecule has 0 radical (unpaired) electrons. The molecule has 0 heterocycles. The summed E-state index contributed by atoms with van der Waals surface area (Å²) in [6.45, 7) is 0. The third kappa shape index (κ3) is 1.82. The molecule has 0 spiro atoms. The van der Waals surface area contributed by atoms with Crippen molar-refractivity contribution >= 4 is 0 Å². The first-order valence-corrected chi connectivity index (χ1v) is 7.62. The molecule has 1 atom stereocenters. The molecule has 2 aromatic carbocycles. The Hall–Kier alpha value is -1.56. The van der Waals surface area contributed by atoms with E-state index in [4.69, 9.17) is 0 Å². The zero-order valence-corrected chi connectivity index (χ0v) is 11.4. The van der Waals surface area contributed by atoms with Gasteiger partial charge in [0.05, 0.1) is 0 Å². The van der Waals surface area contributed by atoms with Gasteiger partial charge >= 0.3 is 0 Å². The highest BCUT2D eigenvalue weighted by Crippen LogP contribution is 2.40. The zero-order chi connectivity index (χ0) is 12.7. The van der Waals surface area contributed by atoms with Crippen LogP contribution in [0.25, 0.3) is 0 Å². The van der Waals surface area contributed by atoms with Gasteiger partial charge in [-0.05, 0) is 66.3 Å². The summed E-state index contributed by atoms with van der Waals surface area (Å²) >= 11 is 0. The quantitative estimate of drug-likeness (QED) is 0.689. The van der Waals surface area contributed by atoms with Gasteiger partial charge in [0.25, 0.3) is 0 Å². The van der Waals surface area contributed by atoms with Crippen LogP contribution >= 0.6 is 0 Å². The van der Waals surface area contributed by atoms with E-state index in [0.717, 1.165) is 0 Å². The topological polar surface area (TPSA) is 0 Å². The maximum atomic E-state index is 2.39. The molecule has 0 nitrogen and oxygen atoms in total. The number of benzene rings is 2. The molecule has 0 bridgehead atoms. The summed E-state index contributed by atoms with van der Waals surface area (Å²) in [6.07, 6.45) is 7.86. The van der Waals surface area contributed by atoms with Crippen LogP contribution in [0.15, 0.2) is 42.5 Å². The largest absolute Gasteiger partial charge is 0.0620 e. The summed E-state index contributed by atoms with van der Waals surface area (Å²) in [5, 5.41) is 0. The third-order valence-corrected chi connectivity index (χ3v) is 4.93. The number of hydrogen-bond acceptors (Lipinski definition) is 0. The van der Waals surface area contributed by atoms with E-state index in [9.17, 15) is 0 Å². The predicted molar refractivity (Wildman–Crippen MR) is 79.7 cm³/mol. The second kappa shape index (κ2) is 4.52. The van der Waals surface area contributed by atoms with Crippen molar-refractivity contribution in [3.63, 3.8) is 0 Å². The van der Waals surface area contributed by atoms with Crippen molar-refractivity contribution < 1.29 is 0 Å². The molecule has 1 unspecified atom stereocenters. The van der Waals surface area contributed by atoms with Crippen molar-refractivity contribution in [2.45, 2.75) is 44.4 Å². The molecule has 0 aliphatic heterocycles. The third-order valence-electron chi connectivity index (χ3n) is 4.93. The average Bonchev–Trinajstić information content (AvgIpc) is 2.95. The highest BCUT2D eigenvalue weighted by Gasteiger charge is 2.25. The van der Waals surface area contributed by atoms with E-state index in [0.29, 0.717) is 5.92 Å². The predicted octanol–water partition coefficient (Wildman–Crippen LogP) is 4.64. The van der Waals surface area contributed by atoms with Crippen molar-refractivity contribution in [2.24, 2.45) is 0 Å². The lowest BCUT2D eigenvalue weighted by Crippen LogP contribution is -2.12. The monoisotopic (exact) mass is 248 g/mol. The summed E-state index contributed by atoms with van der Waals surface area (Å²) in [7, 11) is 0. The normalized spacial score (nSPS) is 20.9. The molecule has 96 valence electrons. The van der Waals surface area contributed by atoms with Crippen LogP contribution < -0.4 is 0 Å². The van der Waals surface area contributed by atoms with Crippen LogP contribution in [0.5, 0.6) is 0 Å². The van der Waals surface area contributed by atoms with Gasteiger partial charge in [0.1, 0.15) is 0 Å². The fourth-order valence-corrected chi connectivity index (χ4v) is 4.05. The fourth-order valence-electron chi connectivity index (χ4n) is 4.05. The molecule has 4 rings (SSSR count). The molecule has 2 aliphatic rings. The number of rotatable bonds is 1. The van der Waals surface area contributed by atoms with Crippen LogP contribution in [0.1, 0.15) is 53.0 Å². The second-order valence-corrected chi connectivity index (χ2v) is 5.98. The maximum Gasteiger partial charge on any atom is 0.00950 e. The maximum absolute atomic E-state index is 2.39. The van der Waals surface area contributed by atoms with E-state index >= 15 is 0 Å². The molecular formula is C19H20. The van der Waals surface area contributed by atoms with E-state index in [1.54, 1.807) is 27.8 Å². The number of fused-ring (bicyclic) bond motifs is 2. The molecule has 0 fully saturated rings. The molecule has 0 saturated carbocycles. The van der Waals surface area contributed by atoms with Gasteiger partial charge in [-0.15, -0.1) is 0 Å². The van der Waals surface area contributed by atoms with E-state index in [1.165, 1.54) is 38.5 Å². The zero-order valence-electron chi connectivity index (χ0n) is 11.4. The minimum absolute atomic E-state index is 0.651. The Labute approximate surface area is 115 Å². The Bertz CT molecular complexity index is 609. The van der Waals surface area contributed by atoms with Gasteiger partial charge in [-0.25, -0.2) is 0 Å². The minimum Gasteiger partial charge on any atom is -0.0620 e. The second-order valence-electron chi connectivity index (χ2n) is 5.98. The van der Waals surface area contributed by atoms with Crippen molar-refractivity contribution in [2.75, 3.05) is 0 Å². The summed E-state index contributed by atoms with van der Waals surface area (Å²) in [4.78, 5) is 0. The first kappa shape index (κ1) is 11.3. The standard InChI is InChI=1S/C19H20/c1-2-10-16-14(6-1)8-4-12-18(16)19-13-5-9-15-7-3-11-17(15)19/h1-2,5-6,9-10,13,18H,3-4,7-8,11-12H2. The van der Waals surface area contributed by atoms with E-state index in [1.807, 2.05) is 0 Å². The van der Waals surface area contributed by atoms with Crippen LogP contribution in [0.3, 0.4) is 0 Å². The molecule has 0 saturated heterocycles. The first-order chi connectivity index (χ1) is 9.43. The average molecular weight is 248 g/mol. The Kier molecular flexibility index (Phi) is 2.69. The molecule has 19 heavy (non-hydrogen) atoms. The first-order valence-electron chi connectivity index (χ1n) is 7.62. The smallest absolute Gasteiger partial charge is 0.00950 e. The summed E-state index contributed by atoms with van der Waals surface area (Å²) in [5.41, 5.74) is 8.08. The van der Waals surface area contributed by atoms with E-state index in [-0.39, 0.29) is 0 Å². The number of hydrogen-bond donors (Lipinski definition) is 0. The van der Waals surface area contributed by atoms with Crippen molar-refractivity contribution in [3.05, 3.63) is 70.3 Å². The number of aryl methyl sites for hydroxylation is 2. The molecule has 2 aliphatic carbocycles. The molecule has 0 amide bonds. The highest BCUT2D eigenvalue weighted by molar-refractivity contribution is 5.47. The van der Waals surface area contributed by atoms with Gasteiger partial charge in [-0.3, -0.25) is 0 Å². The lowest BCUT2D eigenvalue weighted by atomic mass is 9.77. The molecule has 2 aromatic rings. The minimum atomic E-state index is 0.651. The van der Waals surface area contributed by atoms with Gasteiger partial charge in [0.15, 0.2) is 0 Å². The molecule has 0 N–H and O–H groups in total. The molecule has 0 aromatic heterocycles. The van der Waals surface area contributed by atoms with Crippen molar-refractivity contribution in [1.29, 1.82) is 0 Å². The fraction of sp³-hybridized carbons (Fsp3) is 0.368. The SMILES string of the molecule is c1ccc2c(c1)CCCC2c1cccc2c1CCC2. The van der Waals surface area contributed by atoms with Gasteiger partial charge < -0.3 is 0 Å². The Morgan fingerprint density at radius 1 is 0.684 bits per heavy atom.